The van der Waals surface area contributed by atoms with Crippen LogP contribution in [0.3, 0.4) is 0 Å². The molecule has 0 amide bonds. The van der Waals surface area contributed by atoms with Crippen LogP contribution in [0.1, 0.15) is 11.1 Å². The van der Waals surface area contributed by atoms with E-state index < -0.39 is 0 Å². The molecule has 12 nitrogen and oxygen atoms in total. The van der Waals surface area contributed by atoms with Gasteiger partial charge in [-0.05, 0) is 35.9 Å². The van der Waals surface area contributed by atoms with Gasteiger partial charge in [0.15, 0.2) is 5.65 Å². The molecule has 0 saturated heterocycles. The van der Waals surface area contributed by atoms with Crippen LogP contribution in [0, 0.1) is 0 Å². The van der Waals surface area contributed by atoms with Gasteiger partial charge in [0.25, 0.3) is 0 Å². The number of H-pyrrole nitrogens is 3. The van der Waals surface area contributed by atoms with E-state index in [1.165, 1.54) is 35.0 Å². The summed E-state index contributed by atoms with van der Waals surface area (Å²) in [7, 11) is 0. The van der Waals surface area contributed by atoms with Crippen LogP contribution in [-0.4, -0.2) is 54.9 Å². The third kappa shape index (κ3) is 9.85. The predicted molar refractivity (Wildman–Crippen MR) is 158 cm³/mol. The summed E-state index contributed by atoms with van der Waals surface area (Å²) in [4.78, 5) is 17.8. The summed E-state index contributed by atoms with van der Waals surface area (Å²) >= 11 is 0. The van der Waals surface area contributed by atoms with Gasteiger partial charge in [-0.15, -0.1) is 0 Å². The molecule has 8 aromatic rings. The monoisotopic (exact) mass is 559 g/mol. The molecule has 210 valence electrons. The van der Waals surface area contributed by atoms with Gasteiger partial charge >= 0.3 is 0 Å². The highest BCUT2D eigenvalue weighted by atomic mass is 16.3. The largest absolute Gasteiger partial charge is 0.473 e. The highest BCUT2D eigenvalue weighted by Crippen LogP contribution is 2.33. The van der Waals surface area contributed by atoms with E-state index in [9.17, 15) is 0 Å². The van der Waals surface area contributed by atoms with Gasteiger partial charge in [0.2, 0.25) is 0 Å². The zero-order valence-electron chi connectivity index (χ0n) is 22.5. The number of pyridine rings is 1. The SMILES string of the molecule is c1c[nH]cn1.c1ccc2c(c1)Cc1cn[nH]c1-2.c1ccncc1.c1ccoc1.c1cnc2ccnn2c1.c1nc[nH]n1. The van der Waals surface area contributed by atoms with Crippen LogP contribution in [0.15, 0.2) is 152 Å². The number of imidazole rings is 1. The summed E-state index contributed by atoms with van der Waals surface area (Å²) in [5.41, 5.74) is 6.12. The molecular formula is C30H29N11O. The summed E-state index contributed by atoms with van der Waals surface area (Å²) in [6.07, 6.45) is 23.1. The molecule has 0 saturated carbocycles. The second-order valence-electron chi connectivity index (χ2n) is 8.09. The summed E-state index contributed by atoms with van der Waals surface area (Å²) in [5, 5.41) is 17.0. The van der Waals surface area contributed by atoms with Crippen molar-refractivity contribution in [2.24, 2.45) is 0 Å². The van der Waals surface area contributed by atoms with Crippen LogP contribution in [0.5, 0.6) is 0 Å². The molecule has 0 fully saturated rings. The summed E-state index contributed by atoms with van der Waals surface area (Å²) in [6.45, 7) is 0. The molecule has 1 aliphatic rings. The molecule has 0 atom stereocenters. The van der Waals surface area contributed by atoms with Gasteiger partial charge in [-0.25, -0.2) is 19.5 Å². The van der Waals surface area contributed by atoms with Gasteiger partial charge in [0, 0.05) is 60.8 Å². The van der Waals surface area contributed by atoms with Gasteiger partial charge in [0.05, 0.1) is 36.9 Å². The Hall–Kier alpha value is -6.17. The maximum atomic E-state index is 4.58. The molecular weight excluding hydrogens is 530 g/mol. The molecule has 0 radical (unpaired) electrons. The summed E-state index contributed by atoms with van der Waals surface area (Å²) in [6, 6.07) is 21.5. The second kappa shape index (κ2) is 17.4. The molecule has 1 aromatic carbocycles. The van der Waals surface area contributed by atoms with Gasteiger partial charge in [0.1, 0.15) is 12.7 Å². The maximum absolute atomic E-state index is 4.58. The number of fused-ring (bicyclic) bond motifs is 4. The van der Waals surface area contributed by atoms with Crippen LogP contribution in [-0.2, 0) is 6.42 Å². The first-order valence-electron chi connectivity index (χ1n) is 12.8. The fourth-order valence-corrected chi connectivity index (χ4v) is 3.49. The molecule has 7 heterocycles. The van der Waals surface area contributed by atoms with Crippen molar-refractivity contribution in [1.82, 2.24) is 54.9 Å². The number of hydrogen-bond acceptors (Lipinski definition) is 8. The minimum Gasteiger partial charge on any atom is -0.473 e. The minimum absolute atomic E-state index is 0.887. The fraction of sp³-hybridized carbons (Fsp3) is 0.0333. The first-order chi connectivity index (χ1) is 20.9. The standard InChI is InChI=1S/C10H8N2.C6H5N3.C5H5N.C4H4O.C3H4N2.C2H3N3/c1-2-4-9-7(3-1)5-8-6-11-12-10(8)9;1-3-7-6-2-4-8-9(6)5-1;1-2-4-6-5-3-1;1-2-4-5-3-1;1-2-5-3-4-1;1-3-2-5-4-1/h1-4,6H,5H2,(H,11,12);1-5H;1-5H;1-4H;1-3H,(H,4,5);1-2H,(H,3,4,5). The smallest absolute Gasteiger partial charge is 0.154 e. The number of nitrogens with one attached hydrogen (secondary N) is 3. The molecule has 3 N–H and O–H groups in total. The number of aromatic nitrogens is 11. The topological polar surface area (TPSA) is 155 Å². The molecule has 9 rings (SSSR count). The number of hydrogen-bond donors (Lipinski definition) is 3. The van der Waals surface area contributed by atoms with E-state index in [1.54, 1.807) is 60.6 Å². The number of aromatic amines is 3. The minimum atomic E-state index is 0.887. The van der Waals surface area contributed by atoms with Crippen LogP contribution in [0.4, 0.5) is 0 Å². The Morgan fingerprint density at radius 3 is 2.17 bits per heavy atom. The van der Waals surface area contributed by atoms with Crippen molar-refractivity contribution >= 4 is 5.65 Å². The van der Waals surface area contributed by atoms with Crippen molar-refractivity contribution in [2.75, 3.05) is 0 Å². The highest BCUT2D eigenvalue weighted by molar-refractivity contribution is 5.72. The zero-order chi connectivity index (χ0) is 28.9. The molecule has 0 bridgehead atoms. The van der Waals surface area contributed by atoms with Gasteiger partial charge in [-0.2, -0.15) is 15.3 Å². The maximum Gasteiger partial charge on any atom is 0.154 e. The fourth-order valence-electron chi connectivity index (χ4n) is 3.49. The second-order valence-corrected chi connectivity index (χ2v) is 8.09. The van der Waals surface area contributed by atoms with E-state index in [2.05, 4.69) is 79.1 Å². The molecule has 0 unspecified atom stereocenters. The normalized spacial score (nSPS) is 9.81. The third-order valence-electron chi connectivity index (χ3n) is 5.28. The van der Waals surface area contributed by atoms with Crippen LogP contribution in [0.25, 0.3) is 16.9 Å². The lowest BCUT2D eigenvalue weighted by Gasteiger charge is -1.95. The Morgan fingerprint density at radius 1 is 0.714 bits per heavy atom. The lowest BCUT2D eigenvalue weighted by molar-refractivity contribution is 0.567. The van der Waals surface area contributed by atoms with E-state index in [4.69, 9.17) is 0 Å². The first kappa shape index (κ1) is 28.8. The van der Waals surface area contributed by atoms with Crippen molar-refractivity contribution in [3.05, 3.63) is 159 Å². The average Bonchev–Trinajstić information content (AvgIpc) is 3.89. The Kier molecular flexibility index (Phi) is 12.0. The Morgan fingerprint density at radius 2 is 1.60 bits per heavy atom. The van der Waals surface area contributed by atoms with Crippen LogP contribution >= 0.6 is 0 Å². The van der Waals surface area contributed by atoms with Gasteiger partial charge < -0.3 is 9.40 Å². The van der Waals surface area contributed by atoms with E-state index >= 15 is 0 Å². The molecule has 42 heavy (non-hydrogen) atoms. The highest BCUT2D eigenvalue weighted by Gasteiger charge is 2.18. The van der Waals surface area contributed by atoms with Crippen molar-refractivity contribution in [2.45, 2.75) is 6.42 Å². The summed E-state index contributed by atoms with van der Waals surface area (Å²) in [5.74, 6) is 0. The number of rotatable bonds is 0. The summed E-state index contributed by atoms with van der Waals surface area (Å²) < 4.78 is 6.31. The number of benzene rings is 1. The number of furan rings is 1. The Labute approximate surface area is 241 Å². The van der Waals surface area contributed by atoms with Crippen molar-refractivity contribution in [3.63, 3.8) is 0 Å². The van der Waals surface area contributed by atoms with Gasteiger partial charge in [-0.1, -0.05) is 30.3 Å². The Bertz CT molecular complexity index is 1540. The lowest BCUT2D eigenvalue weighted by atomic mass is 10.1. The lowest BCUT2D eigenvalue weighted by Crippen LogP contribution is -1.85. The van der Waals surface area contributed by atoms with E-state index in [-0.39, 0.29) is 0 Å². The predicted octanol–water partition coefficient (Wildman–Crippen LogP) is 5.29. The van der Waals surface area contributed by atoms with E-state index in [0.29, 0.717) is 0 Å². The quantitative estimate of drug-likeness (QED) is 0.226. The molecule has 7 aromatic heterocycles. The molecule has 0 spiro atoms. The first-order valence-corrected chi connectivity index (χ1v) is 12.8. The number of nitrogens with zero attached hydrogens (tertiary/aromatic N) is 8. The molecule has 0 aliphatic heterocycles. The van der Waals surface area contributed by atoms with Crippen LogP contribution < -0.4 is 0 Å². The third-order valence-corrected chi connectivity index (χ3v) is 5.28. The van der Waals surface area contributed by atoms with E-state index in [0.717, 1.165) is 12.1 Å². The average molecular weight is 560 g/mol. The molecule has 1 aliphatic carbocycles. The molecule has 12 heteroatoms. The van der Waals surface area contributed by atoms with Crippen molar-refractivity contribution in [1.29, 1.82) is 0 Å². The van der Waals surface area contributed by atoms with E-state index in [1.807, 2.05) is 54.9 Å². The Balaban J connectivity index is 0.000000121. The van der Waals surface area contributed by atoms with Crippen molar-refractivity contribution < 1.29 is 4.42 Å². The van der Waals surface area contributed by atoms with Gasteiger partial charge in [-0.3, -0.25) is 15.2 Å². The van der Waals surface area contributed by atoms with Crippen LogP contribution in [0.2, 0.25) is 0 Å². The zero-order valence-corrected chi connectivity index (χ0v) is 22.5. The van der Waals surface area contributed by atoms with Crippen molar-refractivity contribution in [3.8, 4) is 11.3 Å².